The smallest absolute Gasteiger partial charge is 0.363 e. The van der Waals surface area contributed by atoms with Crippen molar-refractivity contribution in [3.63, 3.8) is 0 Å². The van der Waals surface area contributed by atoms with Gasteiger partial charge in [-0.2, -0.15) is 0 Å². The van der Waals surface area contributed by atoms with Gasteiger partial charge in [-0.1, -0.05) is 50.6 Å². The number of cyclic esters (lactones) is 1. The van der Waals surface area contributed by atoms with Crippen LogP contribution in [0, 0.1) is 0 Å². The van der Waals surface area contributed by atoms with Crippen LogP contribution in [0.15, 0.2) is 77.4 Å². The summed E-state index contributed by atoms with van der Waals surface area (Å²) < 4.78 is 16.6. The largest absolute Gasteiger partial charge is 0.490 e. The highest BCUT2D eigenvalue weighted by Gasteiger charge is 2.25. The molecule has 0 spiro atoms. The highest BCUT2D eigenvalue weighted by Crippen LogP contribution is 2.31. The molecule has 0 aliphatic carbocycles. The fourth-order valence-electron chi connectivity index (χ4n) is 3.52. The van der Waals surface area contributed by atoms with Gasteiger partial charge in [-0.25, -0.2) is 14.6 Å². The highest BCUT2D eigenvalue weighted by atomic mass is 35.5. The Morgan fingerprint density at radius 1 is 1.00 bits per heavy atom. The van der Waals surface area contributed by atoms with Gasteiger partial charge in [0.2, 0.25) is 5.90 Å². The van der Waals surface area contributed by atoms with E-state index in [4.69, 9.17) is 25.8 Å². The van der Waals surface area contributed by atoms with Gasteiger partial charge in [0, 0.05) is 10.6 Å². The molecule has 1 heterocycles. The van der Waals surface area contributed by atoms with E-state index in [9.17, 15) is 9.59 Å². The lowest BCUT2D eigenvalue weighted by molar-refractivity contribution is -0.129. The molecule has 7 heteroatoms. The maximum Gasteiger partial charge on any atom is 0.363 e. The van der Waals surface area contributed by atoms with E-state index in [-0.39, 0.29) is 22.8 Å². The first kappa shape index (κ1) is 25.2. The third-order valence-electron chi connectivity index (χ3n) is 5.47. The number of ether oxygens (including phenoxy) is 3. The Balaban J connectivity index is 1.57. The maximum absolute atomic E-state index is 12.5. The number of aliphatic imine (C=N–C) groups is 1. The van der Waals surface area contributed by atoms with Crippen LogP contribution in [-0.4, -0.2) is 24.4 Å². The molecule has 0 saturated carbocycles. The summed E-state index contributed by atoms with van der Waals surface area (Å²) in [4.78, 5) is 29.4. The van der Waals surface area contributed by atoms with Gasteiger partial charge in [-0.05, 0) is 78.1 Å². The Hall–Kier alpha value is -3.90. The normalized spacial score (nSPS) is 14.4. The molecule has 0 amide bonds. The molecule has 0 saturated heterocycles. The van der Waals surface area contributed by atoms with Crippen LogP contribution in [-0.2, 0) is 14.9 Å². The zero-order valence-electron chi connectivity index (χ0n) is 20.5. The Morgan fingerprint density at radius 2 is 1.69 bits per heavy atom. The maximum atomic E-state index is 12.5. The predicted octanol–water partition coefficient (Wildman–Crippen LogP) is 6.60. The van der Waals surface area contributed by atoms with Crippen LogP contribution < -0.4 is 9.47 Å². The highest BCUT2D eigenvalue weighted by molar-refractivity contribution is 6.30. The second kappa shape index (κ2) is 10.4. The van der Waals surface area contributed by atoms with Crippen molar-refractivity contribution in [2.45, 2.75) is 33.1 Å². The van der Waals surface area contributed by atoms with E-state index < -0.39 is 11.9 Å². The predicted molar refractivity (Wildman–Crippen MR) is 140 cm³/mol. The molecular formula is C29H26ClNO5. The van der Waals surface area contributed by atoms with Crippen LogP contribution in [0.1, 0.15) is 54.7 Å². The van der Waals surface area contributed by atoms with Crippen LogP contribution in [0.3, 0.4) is 0 Å². The van der Waals surface area contributed by atoms with Crippen molar-refractivity contribution in [2.75, 3.05) is 6.61 Å². The Labute approximate surface area is 215 Å². The van der Waals surface area contributed by atoms with Crippen LogP contribution in [0.4, 0.5) is 0 Å². The Morgan fingerprint density at radius 3 is 2.33 bits per heavy atom. The fraction of sp³-hybridized carbons (Fsp3) is 0.207. The summed E-state index contributed by atoms with van der Waals surface area (Å²) in [6.07, 6.45) is 1.60. The third-order valence-corrected chi connectivity index (χ3v) is 5.72. The van der Waals surface area contributed by atoms with E-state index in [1.165, 1.54) is 5.56 Å². The second-order valence-electron chi connectivity index (χ2n) is 9.20. The first-order chi connectivity index (χ1) is 17.1. The molecule has 0 aromatic heterocycles. The van der Waals surface area contributed by atoms with Crippen molar-refractivity contribution in [2.24, 2.45) is 4.99 Å². The van der Waals surface area contributed by atoms with E-state index in [0.717, 1.165) is 5.56 Å². The lowest BCUT2D eigenvalue weighted by Crippen LogP contribution is -2.11. The van der Waals surface area contributed by atoms with Crippen molar-refractivity contribution < 1.29 is 23.8 Å². The molecule has 0 unspecified atom stereocenters. The minimum absolute atomic E-state index is 0.0192. The Bertz CT molecular complexity index is 1350. The SMILES string of the molecule is CCOc1cc(/C=C2/N=C(c3ccc(C(C)(C)C)cc3)OC2=O)ccc1OC(=O)c1ccc(Cl)cc1. The van der Waals surface area contributed by atoms with Gasteiger partial charge in [0.1, 0.15) is 0 Å². The number of rotatable bonds is 6. The summed E-state index contributed by atoms with van der Waals surface area (Å²) in [6.45, 7) is 8.59. The van der Waals surface area contributed by atoms with E-state index in [2.05, 4.69) is 25.8 Å². The third kappa shape index (κ3) is 5.83. The number of benzene rings is 3. The van der Waals surface area contributed by atoms with E-state index >= 15 is 0 Å². The van der Waals surface area contributed by atoms with E-state index in [0.29, 0.717) is 28.5 Å². The molecule has 3 aromatic carbocycles. The molecular weight excluding hydrogens is 478 g/mol. The molecule has 6 nitrogen and oxygen atoms in total. The average molecular weight is 504 g/mol. The van der Waals surface area contributed by atoms with E-state index in [1.807, 2.05) is 31.2 Å². The van der Waals surface area contributed by atoms with Crippen molar-refractivity contribution in [3.05, 3.63) is 99.7 Å². The molecule has 184 valence electrons. The molecule has 0 N–H and O–H groups in total. The zero-order chi connectivity index (χ0) is 25.9. The minimum Gasteiger partial charge on any atom is -0.490 e. The number of esters is 2. The van der Waals surface area contributed by atoms with Gasteiger partial charge in [-0.3, -0.25) is 0 Å². The lowest BCUT2D eigenvalue weighted by Gasteiger charge is -2.18. The first-order valence-electron chi connectivity index (χ1n) is 11.5. The molecule has 4 rings (SSSR count). The number of hydrogen-bond donors (Lipinski definition) is 0. The molecule has 1 aliphatic heterocycles. The van der Waals surface area contributed by atoms with Gasteiger partial charge in [0.25, 0.3) is 0 Å². The van der Waals surface area contributed by atoms with Gasteiger partial charge in [-0.15, -0.1) is 0 Å². The quantitative estimate of drug-likeness (QED) is 0.215. The summed E-state index contributed by atoms with van der Waals surface area (Å²) >= 11 is 5.89. The lowest BCUT2D eigenvalue weighted by atomic mass is 9.87. The van der Waals surface area contributed by atoms with Crippen LogP contribution >= 0.6 is 11.6 Å². The van der Waals surface area contributed by atoms with Crippen LogP contribution in [0.2, 0.25) is 5.02 Å². The number of carbonyl (C=O) groups excluding carboxylic acids is 2. The number of nitrogens with zero attached hydrogens (tertiary/aromatic N) is 1. The van der Waals surface area contributed by atoms with Gasteiger partial charge in [0.05, 0.1) is 12.2 Å². The summed E-state index contributed by atoms with van der Waals surface area (Å²) in [6, 6.07) is 19.2. The van der Waals surface area contributed by atoms with Crippen molar-refractivity contribution in [1.82, 2.24) is 0 Å². The van der Waals surface area contributed by atoms with Crippen LogP contribution in [0.25, 0.3) is 6.08 Å². The van der Waals surface area contributed by atoms with E-state index in [1.54, 1.807) is 48.5 Å². The zero-order valence-corrected chi connectivity index (χ0v) is 21.3. The molecule has 3 aromatic rings. The number of hydrogen-bond acceptors (Lipinski definition) is 6. The summed E-state index contributed by atoms with van der Waals surface area (Å²) in [7, 11) is 0. The average Bonchev–Trinajstić information content (AvgIpc) is 3.21. The first-order valence-corrected chi connectivity index (χ1v) is 11.9. The van der Waals surface area contributed by atoms with Gasteiger partial charge < -0.3 is 14.2 Å². The Kier molecular flexibility index (Phi) is 7.27. The molecule has 0 radical (unpaired) electrons. The van der Waals surface area contributed by atoms with Crippen molar-refractivity contribution in [1.29, 1.82) is 0 Å². The summed E-state index contributed by atoms with van der Waals surface area (Å²) in [5, 5.41) is 0.525. The second-order valence-corrected chi connectivity index (χ2v) is 9.64. The number of carbonyl (C=O) groups is 2. The standard InChI is InChI=1S/C29H26ClNO5/c1-5-34-25-17-18(6-15-24(25)35-27(32)20-9-13-22(30)14-10-20)16-23-28(33)36-26(31-23)19-7-11-21(12-8-19)29(2,3)4/h6-17H,5H2,1-4H3/b23-16+. The molecule has 0 bridgehead atoms. The topological polar surface area (TPSA) is 74.2 Å². The van der Waals surface area contributed by atoms with Crippen molar-refractivity contribution >= 4 is 35.5 Å². The summed E-state index contributed by atoms with van der Waals surface area (Å²) in [5.74, 6) is -0.199. The van der Waals surface area contributed by atoms with Gasteiger partial charge in [0.15, 0.2) is 17.2 Å². The summed E-state index contributed by atoms with van der Waals surface area (Å²) in [5.41, 5.74) is 3.08. The monoisotopic (exact) mass is 503 g/mol. The van der Waals surface area contributed by atoms with Crippen LogP contribution in [0.5, 0.6) is 11.5 Å². The fourth-order valence-corrected chi connectivity index (χ4v) is 3.64. The minimum atomic E-state index is -0.541. The molecule has 1 aliphatic rings. The molecule has 0 atom stereocenters. The van der Waals surface area contributed by atoms with Gasteiger partial charge >= 0.3 is 11.9 Å². The van der Waals surface area contributed by atoms with Crippen molar-refractivity contribution in [3.8, 4) is 11.5 Å². The number of halogens is 1. The molecule has 36 heavy (non-hydrogen) atoms. The molecule has 0 fully saturated rings.